The lowest BCUT2D eigenvalue weighted by molar-refractivity contribution is -0.116. The quantitative estimate of drug-likeness (QED) is 0.820. The summed E-state index contributed by atoms with van der Waals surface area (Å²) in [5.74, 6) is 0.0732. The van der Waals surface area contributed by atoms with Crippen molar-refractivity contribution in [3.8, 4) is 5.75 Å². The Morgan fingerprint density at radius 3 is 2.26 bits per heavy atom. The van der Waals surface area contributed by atoms with Gasteiger partial charge in [-0.1, -0.05) is 18.2 Å². The molecule has 2 rings (SSSR count). The summed E-state index contributed by atoms with van der Waals surface area (Å²) in [5, 5.41) is 2.79. The lowest BCUT2D eigenvalue weighted by Gasteiger charge is -2.30. The highest BCUT2D eigenvalue weighted by molar-refractivity contribution is 7.92. The van der Waals surface area contributed by atoms with Crippen LogP contribution in [0.15, 0.2) is 36.4 Å². The van der Waals surface area contributed by atoms with Gasteiger partial charge in [0.15, 0.2) is 0 Å². The van der Waals surface area contributed by atoms with Crippen molar-refractivity contribution in [1.29, 1.82) is 0 Å². The van der Waals surface area contributed by atoms with Crippen LogP contribution in [0.25, 0.3) is 0 Å². The molecule has 0 aliphatic heterocycles. The molecule has 146 valence electrons. The highest BCUT2D eigenvalue weighted by Crippen LogP contribution is 2.29. The maximum Gasteiger partial charge on any atom is 0.248 e. The second-order valence-corrected chi connectivity index (χ2v) is 8.58. The van der Waals surface area contributed by atoms with Gasteiger partial charge in [-0.3, -0.25) is 9.10 Å². The number of sulfonamides is 1. The Hall–Kier alpha value is -2.54. The molecular weight excluding hydrogens is 364 g/mol. The van der Waals surface area contributed by atoms with Crippen molar-refractivity contribution >= 4 is 27.3 Å². The number of benzene rings is 2. The second-order valence-electron chi connectivity index (χ2n) is 6.72. The van der Waals surface area contributed by atoms with Gasteiger partial charge >= 0.3 is 0 Å². The molecule has 0 saturated carbocycles. The van der Waals surface area contributed by atoms with Crippen molar-refractivity contribution in [2.24, 2.45) is 0 Å². The molecule has 0 bridgehead atoms. The molecule has 0 aromatic heterocycles. The molecule has 1 atom stereocenters. The molecule has 0 unspecified atom stereocenters. The average Bonchev–Trinajstić information content (AvgIpc) is 2.57. The summed E-state index contributed by atoms with van der Waals surface area (Å²) < 4.78 is 31.4. The van der Waals surface area contributed by atoms with Crippen LogP contribution in [-0.4, -0.2) is 33.7 Å². The third kappa shape index (κ3) is 4.80. The van der Waals surface area contributed by atoms with Crippen LogP contribution >= 0.6 is 0 Å². The van der Waals surface area contributed by atoms with Gasteiger partial charge < -0.3 is 10.1 Å². The zero-order chi connectivity index (χ0) is 20.4. The van der Waals surface area contributed by atoms with E-state index in [4.69, 9.17) is 4.74 Å². The van der Waals surface area contributed by atoms with Gasteiger partial charge in [0.05, 0.1) is 24.7 Å². The van der Waals surface area contributed by atoms with Gasteiger partial charge in [0, 0.05) is 0 Å². The molecule has 0 heterocycles. The monoisotopic (exact) mass is 390 g/mol. The third-order valence-corrected chi connectivity index (χ3v) is 5.53. The minimum Gasteiger partial charge on any atom is -0.495 e. The molecule has 0 aliphatic carbocycles. The molecule has 0 spiro atoms. The first-order valence-corrected chi connectivity index (χ1v) is 10.4. The van der Waals surface area contributed by atoms with E-state index in [1.807, 2.05) is 39.0 Å². The van der Waals surface area contributed by atoms with E-state index >= 15 is 0 Å². The molecule has 0 fully saturated rings. The van der Waals surface area contributed by atoms with E-state index in [9.17, 15) is 13.2 Å². The SMILES string of the molecule is COc1ccc(C)cc1NC(=O)[C@H](C)N(c1cc(C)ccc1C)S(C)(=O)=O. The number of rotatable bonds is 6. The van der Waals surface area contributed by atoms with Gasteiger partial charge in [-0.15, -0.1) is 0 Å². The van der Waals surface area contributed by atoms with E-state index < -0.39 is 22.0 Å². The van der Waals surface area contributed by atoms with Crippen molar-refractivity contribution in [3.05, 3.63) is 53.1 Å². The number of nitrogens with one attached hydrogen (secondary N) is 1. The number of carbonyl (C=O) groups is 1. The summed E-state index contributed by atoms with van der Waals surface area (Å²) in [6.07, 6.45) is 1.10. The maximum atomic E-state index is 12.9. The summed E-state index contributed by atoms with van der Waals surface area (Å²) in [6.45, 7) is 7.17. The number of hydrogen-bond acceptors (Lipinski definition) is 4. The lowest BCUT2D eigenvalue weighted by atomic mass is 10.1. The van der Waals surface area contributed by atoms with E-state index in [0.717, 1.165) is 27.3 Å². The summed E-state index contributed by atoms with van der Waals surface area (Å²) >= 11 is 0. The minimum absolute atomic E-state index is 0.440. The van der Waals surface area contributed by atoms with Crippen LogP contribution in [0.4, 0.5) is 11.4 Å². The molecule has 0 radical (unpaired) electrons. The Labute approximate surface area is 161 Å². The molecule has 1 amide bonds. The number of methoxy groups -OCH3 is 1. The Morgan fingerprint density at radius 2 is 1.67 bits per heavy atom. The first-order valence-electron chi connectivity index (χ1n) is 8.56. The molecule has 0 aliphatic rings. The van der Waals surface area contributed by atoms with Gasteiger partial charge in [-0.2, -0.15) is 0 Å². The van der Waals surface area contributed by atoms with Crippen LogP contribution in [0.3, 0.4) is 0 Å². The van der Waals surface area contributed by atoms with Gasteiger partial charge in [0.2, 0.25) is 15.9 Å². The van der Waals surface area contributed by atoms with Crippen LogP contribution in [0, 0.1) is 20.8 Å². The number of nitrogens with zero attached hydrogens (tertiary/aromatic N) is 1. The third-order valence-electron chi connectivity index (χ3n) is 4.30. The topological polar surface area (TPSA) is 75.7 Å². The number of anilines is 2. The fraction of sp³-hybridized carbons (Fsp3) is 0.350. The van der Waals surface area contributed by atoms with E-state index in [-0.39, 0.29) is 0 Å². The molecule has 2 aromatic rings. The fourth-order valence-electron chi connectivity index (χ4n) is 2.89. The average molecular weight is 391 g/mol. The minimum atomic E-state index is -3.68. The zero-order valence-corrected chi connectivity index (χ0v) is 17.3. The molecule has 27 heavy (non-hydrogen) atoms. The van der Waals surface area contributed by atoms with Crippen LogP contribution in [0.1, 0.15) is 23.6 Å². The number of carbonyl (C=O) groups excluding carboxylic acids is 1. The van der Waals surface area contributed by atoms with E-state index in [1.165, 1.54) is 7.11 Å². The van der Waals surface area contributed by atoms with E-state index in [0.29, 0.717) is 17.1 Å². The predicted molar refractivity (Wildman–Crippen MR) is 109 cm³/mol. The molecule has 1 N–H and O–H groups in total. The first kappa shape index (κ1) is 20.8. The highest BCUT2D eigenvalue weighted by atomic mass is 32.2. The van der Waals surface area contributed by atoms with Crippen LogP contribution in [0.5, 0.6) is 5.75 Å². The summed E-state index contributed by atoms with van der Waals surface area (Å²) in [4.78, 5) is 12.9. The Kier molecular flexibility index (Phi) is 6.15. The smallest absolute Gasteiger partial charge is 0.248 e. The standard InChI is InChI=1S/C20H26N2O4S/c1-13-8-10-19(26-5)17(11-13)21-20(23)16(4)22(27(6,24)25)18-12-14(2)7-9-15(18)3/h7-12,16H,1-6H3,(H,21,23)/t16-/m0/s1. The number of ether oxygens (including phenoxy) is 1. The largest absolute Gasteiger partial charge is 0.495 e. The maximum absolute atomic E-state index is 12.9. The van der Waals surface area contributed by atoms with Crippen LogP contribution in [-0.2, 0) is 14.8 Å². The Morgan fingerprint density at radius 1 is 1.07 bits per heavy atom. The van der Waals surface area contributed by atoms with Gasteiger partial charge in [-0.25, -0.2) is 8.42 Å². The van der Waals surface area contributed by atoms with E-state index in [1.54, 1.807) is 25.1 Å². The Bertz CT molecular complexity index is 954. The first-order chi connectivity index (χ1) is 12.5. The van der Waals surface area contributed by atoms with Crippen molar-refractivity contribution in [3.63, 3.8) is 0 Å². The number of aryl methyl sites for hydroxylation is 3. The lowest BCUT2D eigenvalue weighted by Crippen LogP contribution is -2.45. The normalized spacial score (nSPS) is 12.4. The van der Waals surface area contributed by atoms with Gasteiger partial charge in [0.1, 0.15) is 11.8 Å². The van der Waals surface area contributed by atoms with Crippen molar-refractivity contribution in [2.75, 3.05) is 23.0 Å². The molecule has 0 saturated heterocycles. The van der Waals surface area contributed by atoms with E-state index in [2.05, 4.69) is 5.32 Å². The number of amides is 1. The van der Waals surface area contributed by atoms with Crippen molar-refractivity contribution in [1.82, 2.24) is 0 Å². The molecule has 6 nitrogen and oxygen atoms in total. The zero-order valence-electron chi connectivity index (χ0n) is 16.5. The number of hydrogen-bond donors (Lipinski definition) is 1. The summed E-state index contributed by atoms with van der Waals surface area (Å²) in [7, 11) is -2.16. The molecule has 2 aromatic carbocycles. The summed E-state index contributed by atoms with van der Waals surface area (Å²) in [6, 6.07) is 10.00. The fourth-order valence-corrected chi connectivity index (χ4v) is 4.12. The van der Waals surface area contributed by atoms with Crippen LogP contribution < -0.4 is 14.4 Å². The van der Waals surface area contributed by atoms with Gasteiger partial charge in [0.25, 0.3) is 0 Å². The van der Waals surface area contributed by atoms with Crippen LogP contribution in [0.2, 0.25) is 0 Å². The summed E-state index contributed by atoms with van der Waals surface area (Å²) in [5.41, 5.74) is 3.64. The van der Waals surface area contributed by atoms with Crippen molar-refractivity contribution in [2.45, 2.75) is 33.7 Å². The second kappa shape index (κ2) is 8.00. The predicted octanol–water partition coefficient (Wildman–Crippen LogP) is 3.41. The Balaban J connectivity index is 2.42. The molecule has 7 heteroatoms. The highest BCUT2D eigenvalue weighted by Gasteiger charge is 2.30. The van der Waals surface area contributed by atoms with Gasteiger partial charge in [-0.05, 0) is 62.6 Å². The molecular formula is C20H26N2O4S. The van der Waals surface area contributed by atoms with Crippen molar-refractivity contribution < 1.29 is 17.9 Å².